The van der Waals surface area contributed by atoms with Gasteiger partial charge in [0.05, 0.1) is 17.3 Å². The summed E-state index contributed by atoms with van der Waals surface area (Å²) in [5.41, 5.74) is 4.35. The molecule has 0 saturated carbocycles. The molecule has 2 aromatic rings. The Kier molecular flexibility index (Phi) is 4.54. The molecule has 5 nitrogen and oxygen atoms in total. The zero-order chi connectivity index (χ0) is 16.2. The number of nitriles is 1. The van der Waals surface area contributed by atoms with Crippen molar-refractivity contribution in [2.75, 3.05) is 32.1 Å². The van der Waals surface area contributed by atoms with Crippen LogP contribution in [0.3, 0.4) is 0 Å². The Morgan fingerprint density at radius 3 is 2.83 bits per heavy atom. The molecule has 0 atom stereocenters. The van der Waals surface area contributed by atoms with Crippen LogP contribution in [0.25, 0.3) is 0 Å². The molecule has 118 valence electrons. The van der Waals surface area contributed by atoms with Crippen LogP contribution in [0, 0.1) is 11.3 Å². The molecule has 0 fully saturated rings. The minimum absolute atomic E-state index is 0.723. The molecule has 0 N–H and O–H groups in total. The predicted octanol–water partition coefficient (Wildman–Crippen LogP) is 2.02. The van der Waals surface area contributed by atoms with Crippen molar-refractivity contribution in [2.45, 2.75) is 19.4 Å². The number of aromatic nitrogens is 2. The van der Waals surface area contributed by atoms with Gasteiger partial charge in [-0.1, -0.05) is 12.1 Å². The topological polar surface area (TPSA) is 56.1 Å². The van der Waals surface area contributed by atoms with Gasteiger partial charge in [-0.05, 0) is 24.1 Å². The van der Waals surface area contributed by atoms with Gasteiger partial charge in [-0.15, -0.1) is 0 Å². The van der Waals surface area contributed by atoms with E-state index in [0.717, 1.165) is 49.6 Å². The fraction of sp³-hybridized carbons (Fsp3) is 0.389. The molecule has 1 aromatic heterocycles. The first-order valence-electron chi connectivity index (χ1n) is 7.89. The van der Waals surface area contributed by atoms with E-state index in [2.05, 4.69) is 31.9 Å². The molecule has 0 unspecified atom stereocenters. The number of hydrogen-bond acceptors (Lipinski definition) is 5. The summed E-state index contributed by atoms with van der Waals surface area (Å²) in [4.78, 5) is 13.4. The third-order valence-corrected chi connectivity index (χ3v) is 4.24. The first kappa shape index (κ1) is 15.4. The van der Waals surface area contributed by atoms with E-state index in [1.54, 1.807) is 6.33 Å². The lowest BCUT2D eigenvalue weighted by Gasteiger charge is -2.20. The number of nitrogens with zero attached hydrogens (tertiary/aromatic N) is 5. The quantitative estimate of drug-likeness (QED) is 0.868. The molecule has 1 aliphatic rings. The summed E-state index contributed by atoms with van der Waals surface area (Å²) in [6, 6.07) is 10.1. The highest BCUT2D eigenvalue weighted by Gasteiger charge is 2.19. The van der Waals surface area contributed by atoms with Gasteiger partial charge >= 0.3 is 0 Å². The van der Waals surface area contributed by atoms with Crippen LogP contribution < -0.4 is 4.90 Å². The molecule has 0 amide bonds. The molecule has 5 heteroatoms. The highest BCUT2D eigenvalue weighted by Crippen LogP contribution is 2.22. The normalized spacial score (nSPS) is 14.7. The fourth-order valence-corrected chi connectivity index (χ4v) is 3.10. The lowest BCUT2D eigenvalue weighted by atomic mass is 10.1. The second kappa shape index (κ2) is 6.76. The van der Waals surface area contributed by atoms with Crippen molar-refractivity contribution in [1.82, 2.24) is 14.9 Å². The monoisotopic (exact) mass is 307 g/mol. The van der Waals surface area contributed by atoms with E-state index in [0.29, 0.717) is 0 Å². The van der Waals surface area contributed by atoms with E-state index in [1.165, 1.54) is 11.1 Å². The van der Waals surface area contributed by atoms with Crippen LogP contribution >= 0.6 is 0 Å². The van der Waals surface area contributed by atoms with Crippen LogP contribution in [0.4, 0.5) is 5.82 Å². The largest absolute Gasteiger partial charge is 0.362 e. The van der Waals surface area contributed by atoms with Crippen LogP contribution in [-0.2, 0) is 19.4 Å². The lowest BCUT2D eigenvalue weighted by Crippen LogP contribution is -2.26. The third kappa shape index (κ3) is 3.49. The molecule has 2 heterocycles. The van der Waals surface area contributed by atoms with E-state index in [1.807, 2.05) is 32.3 Å². The molecule has 0 bridgehead atoms. The van der Waals surface area contributed by atoms with Crippen LogP contribution in [0.15, 0.2) is 30.6 Å². The Balaban J connectivity index is 1.75. The van der Waals surface area contributed by atoms with Crippen molar-refractivity contribution in [2.24, 2.45) is 0 Å². The average Bonchev–Trinajstić information content (AvgIpc) is 2.77. The second-order valence-electron chi connectivity index (χ2n) is 6.11. The summed E-state index contributed by atoms with van der Waals surface area (Å²) in [6.07, 6.45) is 3.57. The molecule has 1 aromatic carbocycles. The number of fused-ring (bicyclic) bond motifs is 1. The highest BCUT2D eigenvalue weighted by molar-refractivity contribution is 5.48. The van der Waals surface area contributed by atoms with Crippen molar-refractivity contribution < 1.29 is 0 Å². The molecule has 0 saturated heterocycles. The Morgan fingerprint density at radius 2 is 2.04 bits per heavy atom. The van der Waals surface area contributed by atoms with Crippen molar-refractivity contribution in [3.05, 3.63) is 53.0 Å². The maximum atomic E-state index is 9.03. The summed E-state index contributed by atoms with van der Waals surface area (Å²) in [5, 5.41) is 9.03. The predicted molar refractivity (Wildman–Crippen MR) is 90.2 cm³/mol. The molecular weight excluding hydrogens is 286 g/mol. The van der Waals surface area contributed by atoms with Crippen molar-refractivity contribution >= 4 is 5.82 Å². The SMILES string of the molecule is CN(C)c1ncnc2c1CCN(Cc1cccc(C#N)c1)CC2. The Hall–Kier alpha value is -2.45. The molecule has 23 heavy (non-hydrogen) atoms. The average molecular weight is 307 g/mol. The maximum Gasteiger partial charge on any atom is 0.134 e. The Morgan fingerprint density at radius 1 is 1.22 bits per heavy atom. The van der Waals surface area contributed by atoms with E-state index in [-0.39, 0.29) is 0 Å². The summed E-state index contributed by atoms with van der Waals surface area (Å²) < 4.78 is 0. The van der Waals surface area contributed by atoms with E-state index in [9.17, 15) is 0 Å². The second-order valence-corrected chi connectivity index (χ2v) is 6.11. The summed E-state index contributed by atoms with van der Waals surface area (Å²) in [6.45, 7) is 2.83. The maximum absolute atomic E-state index is 9.03. The summed E-state index contributed by atoms with van der Waals surface area (Å²) in [7, 11) is 4.05. The van der Waals surface area contributed by atoms with Gasteiger partial charge in [-0.3, -0.25) is 4.90 Å². The van der Waals surface area contributed by atoms with Crippen LogP contribution in [0.2, 0.25) is 0 Å². The molecule has 0 aliphatic carbocycles. The minimum atomic E-state index is 0.723. The van der Waals surface area contributed by atoms with E-state index < -0.39 is 0 Å². The fourth-order valence-electron chi connectivity index (χ4n) is 3.10. The smallest absolute Gasteiger partial charge is 0.134 e. The molecular formula is C18H21N5. The van der Waals surface area contributed by atoms with Crippen LogP contribution in [0.1, 0.15) is 22.4 Å². The van der Waals surface area contributed by atoms with Crippen molar-refractivity contribution in [1.29, 1.82) is 5.26 Å². The van der Waals surface area contributed by atoms with E-state index in [4.69, 9.17) is 5.26 Å². The Labute approximate surface area is 137 Å². The number of rotatable bonds is 3. The highest BCUT2D eigenvalue weighted by atomic mass is 15.2. The van der Waals surface area contributed by atoms with Gasteiger partial charge in [0.25, 0.3) is 0 Å². The lowest BCUT2D eigenvalue weighted by molar-refractivity contribution is 0.279. The standard InChI is InChI=1S/C18H21N5/c1-22(2)18-16-6-8-23(9-7-17(16)20-13-21-18)12-15-5-3-4-14(10-15)11-19/h3-5,10,13H,6-9,12H2,1-2H3. The molecule has 3 rings (SSSR count). The molecule has 0 spiro atoms. The van der Waals surface area contributed by atoms with Gasteiger partial charge in [-0.2, -0.15) is 5.26 Å². The summed E-state index contributed by atoms with van der Waals surface area (Å²) in [5.74, 6) is 1.03. The minimum Gasteiger partial charge on any atom is -0.362 e. The van der Waals surface area contributed by atoms with Gasteiger partial charge in [0.15, 0.2) is 0 Å². The number of benzene rings is 1. The van der Waals surface area contributed by atoms with E-state index >= 15 is 0 Å². The van der Waals surface area contributed by atoms with Gasteiger partial charge in [0.2, 0.25) is 0 Å². The first-order valence-corrected chi connectivity index (χ1v) is 7.89. The van der Waals surface area contributed by atoms with Gasteiger partial charge in [-0.25, -0.2) is 9.97 Å². The first-order chi connectivity index (χ1) is 11.2. The number of hydrogen-bond donors (Lipinski definition) is 0. The Bertz CT molecular complexity index is 732. The third-order valence-electron chi connectivity index (χ3n) is 4.24. The number of anilines is 1. The molecule has 1 aliphatic heterocycles. The van der Waals surface area contributed by atoms with Crippen molar-refractivity contribution in [3.63, 3.8) is 0 Å². The van der Waals surface area contributed by atoms with Crippen LogP contribution in [0.5, 0.6) is 0 Å². The molecule has 0 radical (unpaired) electrons. The summed E-state index contributed by atoms with van der Waals surface area (Å²) >= 11 is 0. The zero-order valence-electron chi connectivity index (χ0n) is 13.7. The zero-order valence-corrected chi connectivity index (χ0v) is 13.7. The van der Waals surface area contributed by atoms with Crippen molar-refractivity contribution in [3.8, 4) is 6.07 Å². The van der Waals surface area contributed by atoms with Gasteiger partial charge < -0.3 is 4.90 Å². The van der Waals surface area contributed by atoms with Crippen LogP contribution in [-0.4, -0.2) is 42.1 Å². The van der Waals surface area contributed by atoms with Gasteiger partial charge in [0, 0.05) is 45.7 Å². The van der Waals surface area contributed by atoms with Gasteiger partial charge in [0.1, 0.15) is 12.1 Å².